The molecule has 20 heavy (non-hydrogen) atoms. The molecule has 108 valence electrons. The number of hydrogen-bond acceptors (Lipinski definition) is 3. The van der Waals surface area contributed by atoms with Crippen LogP contribution in [0.4, 0.5) is 0 Å². The maximum absolute atomic E-state index is 12.1. The molecule has 1 N–H and O–H groups in total. The average molecular weight is 273 g/mol. The van der Waals surface area contributed by atoms with Crippen molar-refractivity contribution >= 4 is 5.97 Å². The van der Waals surface area contributed by atoms with E-state index in [1.54, 1.807) is 0 Å². The predicted octanol–water partition coefficient (Wildman–Crippen LogP) is 3.00. The smallest absolute Gasteiger partial charge is 0.306 e. The van der Waals surface area contributed by atoms with E-state index in [2.05, 4.69) is 23.5 Å². The number of esters is 1. The molecule has 1 saturated heterocycles. The standard InChI is InChI=1S/C17H23NO2/c19-17(11-13-5-4-10-18-12-13)20-16-9-3-7-14-6-1-2-8-15(14)16/h1-2,6,8,13,16,18H,3-5,7,9-12H2. The number of fused-ring (bicyclic) bond motifs is 1. The van der Waals surface area contributed by atoms with Crippen molar-refractivity contribution in [3.63, 3.8) is 0 Å². The summed E-state index contributed by atoms with van der Waals surface area (Å²) in [5, 5.41) is 3.35. The molecule has 2 unspecified atom stereocenters. The van der Waals surface area contributed by atoms with Crippen LogP contribution in [-0.4, -0.2) is 19.1 Å². The minimum atomic E-state index is -0.0274. The van der Waals surface area contributed by atoms with Crippen molar-refractivity contribution in [1.82, 2.24) is 5.32 Å². The monoisotopic (exact) mass is 273 g/mol. The lowest BCUT2D eigenvalue weighted by molar-refractivity contribution is -0.151. The maximum Gasteiger partial charge on any atom is 0.306 e. The second-order valence-corrected chi connectivity index (χ2v) is 5.99. The number of nitrogens with one attached hydrogen (secondary N) is 1. The van der Waals surface area contributed by atoms with Gasteiger partial charge in [-0.2, -0.15) is 0 Å². The molecular weight excluding hydrogens is 250 g/mol. The third-order valence-corrected chi connectivity index (χ3v) is 4.44. The zero-order valence-corrected chi connectivity index (χ0v) is 11.9. The largest absolute Gasteiger partial charge is 0.457 e. The van der Waals surface area contributed by atoms with Crippen LogP contribution < -0.4 is 5.32 Å². The number of aryl methyl sites for hydroxylation is 1. The molecule has 2 aliphatic rings. The van der Waals surface area contributed by atoms with Crippen LogP contribution >= 0.6 is 0 Å². The third-order valence-electron chi connectivity index (χ3n) is 4.44. The molecule has 1 heterocycles. The van der Waals surface area contributed by atoms with Gasteiger partial charge in [-0.3, -0.25) is 4.79 Å². The predicted molar refractivity (Wildman–Crippen MR) is 78.4 cm³/mol. The Labute approximate surface area is 120 Å². The van der Waals surface area contributed by atoms with E-state index in [1.807, 2.05) is 6.07 Å². The molecule has 2 atom stereocenters. The van der Waals surface area contributed by atoms with E-state index in [4.69, 9.17) is 4.74 Å². The van der Waals surface area contributed by atoms with Crippen molar-refractivity contribution in [3.05, 3.63) is 35.4 Å². The van der Waals surface area contributed by atoms with Gasteiger partial charge in [-0.15, -0.1) is 0 Å². The van der Waals surface area contributed by atoms with Crippen LogP contribution in [0.1, 0.15) is 49.3 Å². The maximum atomic E-state index is 12.1. The first-order chi connectivity index (χ1) is 9.83. The molecular formula is C17H23NO2. The van der Waals surface area contributed by atoms with E-state index < -0.39 is 0 Å². The Hall–Kier alpha value is -1.35. The minimum absolute atomic E-state index is 0.0241. The molecule has 1 aliphatic carbocycles. The van der Waals surface area contributed by atoms with Crippen LogP contribution in [0.3, 0.4) is 0 Å². The van der Waals surface area contributed by atoms with E-state index in [-0.39, 0.29) is 12.1 Å². The Bertz CT molecular complexity index is 466. The van der Waals surface area contributed by atoms with Gasteiger partial charge in [0.25, 0.3) is 0 Å². The fourth-order valence-corrected chi connectivity index (χ4v) is 3.37. The Kier molecular flexibility index (Phi) is 4.36. The average Bonchev–Trinajstić information content (AvgIpc) is 2.48. The highest BCUT2D eigenvalue weighted by molar-refractivity contribution is 5.70. The van der Waals surface area contributed by atoms with Crippen LogP contribution in [0.15, 0.2) is 24.3 Å². The molecule has 0 radical (unpaired) electrons. The summed E-state index contributed by atoms with van der Waals surface area (Å²) in [6.45, 7) is 2.04. The number of carbonyl (C=O) groups excluding carboxylic acids is 1. The third kappa shape index (κ3) is 3.21. The minimum Gasteiger partial charge on any atom is -0.457 e. The van der Waals surface area contributed by atoms with Gasteiger partial charge in [-0.05, 0) is 62.2 Å². The first-order valence-electron chi connectivity index (χ1n) is 7.81. The second-order valence-electron chi connectivity index (χ2n) is 5.99. The molecule has 1 fully saturated rings. The molecule has 0 aromatic heterocycles. The summed E-state index contributed by atoms with van der Waals surface area (Å²) in [4.78, 5) is 12.1. The van der Waals surface area contributed by atoms with Crippen LogP contribution in [-0.2, 0) is 16.0 Å². The molecule has 3 heteroatoms. The Morgan fingerprint density at radius 2 is 2.15 bits per heavy atom. The molecule has 0 saturated carbocycles. The quantitative estimate of drug-likeness (QED) is 0.860. The zero-order chi connectivity index (χ0) is 13.8. The van der Waals surface area contributed by atoms with Gasteiger partial charge in [0.05, 0.1) is 0 Å². The normalized spacial score (nSPS) is 25.8. The first-order valence-corrected chi connectivity index (χ1v) is 7.81. The summed E-state index contributed by atoms with van der Waals surface area (Å²) in [7, 11) is 0. The number of ether oxygens (including phenoxy) is 1. The molecule has 3 rings (SSSR count). The van der Waals surface area contributed by atoms with E-state index >= 15 is 0 Å². The second kappa shape index (κ2) is 6.40. The number of benzene rings is 1. The van der Waals surface area contributed by atoms with Crippen molar-refractivity contribution in [1.29, 1.82) is 0 Å². The zero-order valence-electron chi connectivity index (χ0n) is 11.9. The lowest BCUT2D eigenvalue weighted by Gasteiger charge is -2.27. The van der Waals surface area contributed by atoms with E-state index in [0.29, 0.717) is 12.3 Å². The summed E-state index contributed by atoms with van der Waals surface area (Å²) in [6, 6.07) is 8.36. The highest BCUT2D eigenvalue weighted by Crippen LogP contribution is 2.33. The van der Waals surface area contributed by atoms with Gasteiger partial charge in [0.2, 0.25) is 0 Å². The van der Waals surface area contributed by atoms with Crippen LogP contribution in [0, 0.1) is 5.92 Å². The van der Waals surface area contributed by atoms with Gasteiger partial charge in [-0.25, -0.2) is 0 Å². The van der Waals surface area contributed by atoms with E-state index in [9.17, 15) is 4.79 Å². The molecule has 0 spiro atoms. The lowest BCUT2D eigenvalue weighted by Crippen LogP contribution is -2.31. The number of carbonyl (C=O) groups is 1. The topological polar surface area (TPSA) is 38.3 Å². The molecule has 1 aromatic rings. The van der Waals surface area contributed by atoms with Gasteiger partial charge in [0, 0.05) is 6.42 Å². The fraction of sp³-hybridized carbons (Fsp3) is 0.588. The molecule has 1 aliphatic heterocycles. The molecule has 0 amide bonds. The van der Waals surface area contributed by atoms with Crippen molar-refractivity contribution in [2.45, 2.75) is 44.6 Å². The van der Waals surface area contributed by atoms with Gasteiger partial charge in [0.1, 0.15) is 6.10 Å². The first kappa shape index (κ1) is 13.6. The van der Waals surface area contributed by atoms with Gasteiger partial charge < -0.3 is 10.1 Å². The summed E-state index contributed by atoms with van der Waals surface area (Å²) in [5.74, 6) is 0.426. The summed E-state index contributed by atoms with van der Waals surface area (Å²) >= 11 is 0. The highest BCUT2D eigenvalue weighted by Gasteiger charge is 2.25. The van der Waals surface area contributed by atoms with E-state index in [1.165, 1.54) is 17.5 Å². The molecule has 3 nitrogen and oxygen atoms in total. The van der Waals surface area contributed by atoms with E-state index in [0.717, 1.165) is 38.8 Å². The van der Waals surface area contributed by atoms with Crippen LogP contribution in [0.25, 0.3) is 0 Å². The Morgan fingerprint density at radius 3 is 3.00 bits per heavy atom. The summed E-state index contributed by atoms with van der Waals surface area (Å²) < 4.78 is 5.75. The van der Waals surface area contributed by atoms with Gasteiger partial charge in [0.15, 0.2) is 0 Å². The SMILES string of the molecule is O=C(CC1CCCNC1)OC1CCCc2ccccc21. The molecule has 0 bridgehead atoms. The number of hydrogen-bond donors (Lipinski definition) is 1. The van der Waals surface area contributed by atoms with Crippen molar-refractivity contribution in [2.24, 2.45) is 5.92 Å². The fourth-order valence-electron chi connectivity index (χ4n) is 3.37. The highest BCUT2D eigenvalue weighted by atomic mass is 16.5. The molecule has 1 aromatic carbocycles. The Balaban J connectivity index is 1.59. The van der Waals surface area contributed by atoms with Gasteiger partial charge in [-0.1, -0.05) is 24.3 Å². The van der Waals surface area contributed by atoms with Crippen molar-refractivity contribution in [2.75, 3.05) is 13.1 Å². The number of piperidine rings is 1. The number of rotatable bonds is 3. The van der Waals surface area contributed by atoms with Crippen LogP contribution in [0.5, 0.6) is 0 Å². The summed E-state index contributed by atoms with van der Waals surface area (Å²) in [6.07, 6.45) is 6.03. The van der Waals surface area contributed by atoms with Crippen molar-refractivity contribution in [3.8, 4) is 0 Å². The van der Waals surface area contributed by atoms with Crippen molar-refractivity contribution < 1.29 is 9.53 Å². The summed E-state index contributed by atoms with van der Waals surface area (Å²) in [5.41, 5.74) is 2.56. The van der Waals surface area contributed by atoms with Gasteiger partial charge >= 0.3 is 5.97 Å². The van der Waals surface area contributed by atoms with Crippen LogP contribution in [0.2, 0.25) is 0 Å². The lowest BCUT2D eigenvalue weighted by atomic mass is 9.89. The Morgan fingerprint density at radius 1 is 1.25 bits per heavy atom.